The molecule has 0 N–H and O–H groups in total. The standard InChI is InChI=1S/C25H47NO3/c1-6-8-10-12-13-15-16-18-21(5)24-26(23(20(3)4)25(28)29-24)22(27)19-17-14-11-9-7-2/h20-21,23-24H,6-19H2,1-5H3. The number of rotatable bonds is 16. The molecule has 0 bridgehead atoms. The van der Waals surface area contributed by atoms with Crippen LogP contribution >= 0.6 is 0 Å². The molecule has 170 valence electrons. The van der Waals surface area contributed by atoms with Gasteiger partial charge in [0.2, 0.25) is 5.91 Å². The highest BCUT2D eigenvalue weighted by molar-refractivity contribution is 5.87. The summed E-state index contributed by atoms with van der Waals surface area (Å²) in [5, 5.41) is 0. The Balaban J connectivity index is 2.55. The summed E-state index contributed by atoms with van der Waals surface area (Å²) < 4.78 is 5.75. The second-order valence-corrected chi connectivity index (χ2v) is 9.37. The molecule has 4 nitrogen and oxygen atoms in total. The molecule has 29 heavy (non-hydrogen) atoms. The monoisotopic (exact) mass is 409 g/mol. The predicted octanol–water partition coefficient (Wildman–Crippen LogP) is 6.86. The van der Waals surface area contributed by atoms with Crippen LogP contribution in [0.25, 0.3) is 0 Å². The lowest BCUT2D eigenvalue weighted by Gasteiger charge is -2.31. The number of nitrogens with zero attached hydrogens (tertiary/aromatic N) is 1. The number of hydrogen-bond donors (Lipinski definition) is 0. The van der Waals surface area contributed by atoms with Crippen LogP contribution in [0.2, 0.25) is 0 Å². The average molecular weight is 410 g/mol. The predicted molar refractivity (Wildman–Crippen MR) is 121 cm³/mol. The van der Waals surface area contributed by atoms with E-state index in [1.807, 2.05) is 13.8 Å². The van der Waals surface area contributed by atoms with Gasteiger partial charge in [-0.15, -0.1) is 0 Å². The largest absolute Gasteiger partial charge is 0.440 e. The summed E-state index contributed by atoms with van der Waals surface area (Å²) in [6.07, 6.45) is 15.7. The third kappa shape index (κ3) is 9.09. The minimum absolute atomic E-state index is 0.0855. The fraction of sp³-hybridized carbons (Fsp3) is 0.920. The molecule has 4 heteroatoms. The fourth-order valence-corrected chi connectivity index (χ4v) is 4.37. The van der Waals surface area contributed by atoms with Gasteiger partial charge < -0.3 is 4.74 Å². The van der Waals surface area contributed by atoms with Crippen molar-refractivity contribution in [3.05, 3.63) is 0 Å². The summed E-state index contributed by atoms with van der Waals surface area (Å²) in [6, 6.07) is -0.417. The Kier molecular flexibility index (Phi) is 13.3. The van der Waals surface area contributed by atoms with E-state index in [1.165, 1.54) is 57.8 Å². The van der Waals surface area contributed by atoms with E-state index in [9.17, 15) is 9.59 Å². The molecule has 0 radical (unpaired) electrons. The van der Waals surface area contributed by atoms with Gasteiger partial charge in [-0.05, 0) is 18.8 Å². The Morgan fingerprint density at radius 3 is 1.93 bits per heavy atom. The van der Waals surface area contributed by atoms with Crippen molar-refractivity contribution in [3.8, 4) is 0 Å². The Bertz CT molecular complexity index is 463. The van der Waals surface area contributed by atoms with E-state index >= 15 is 0 Å². The second-order valence-electron chi connectivity index (χ2n) is 9.37. The van der Waals surface area contributed by atoms with Crippen molar-refractivity contribution in [1.29, 1.82) is 0 Å². The zero-order valence-electron chi connectivity index (χ0n) is 19.9. The van der Waals surface area contributed by atoms with Gasteiger partial charge in [0.1, 0.15) is 6.04 Å². The number of cyclic esters (lactones) is 1. The number of unbranched alkanes of at least 4 members (excludes halogenated alkanes) is 10. The minimum atomic E-state index is -0.417. The number of hydrogen-bond acceptors (Lipinski definition) is 3. The Labute approximate surface area is 180 Å². The van der Waals surface area contributed by atoms with Crippen molar-refractivity contribution in [3.63, 3.8) is 0 Å². The van der Waals surface area contributed by atoms with E-state index in [0.29, 0.717) is 6.42 Å². The van der Waals surface area contributed by atoms with Crippen LogP contribution in [0.3, 0.4) is 0 Å². The molecule has 0 aliphatic carbocycles. The van der Waals surface area contributed by atoms with E-state index in [0.717, 1.165) is 25.7 Å². The number of esters is 1. The smallest absolute Gasteiger partial charge is 0.331 e. The van der Waals surface area contributed by atoms with Crippen molar-refractivity contribution >= 4 is 11.9 Å². The molecule has 1 saturated heterocycles. The highest BCUT2D eigenvalue weighted by atomic mass is 16.6. The van der Waals surface area contributed by atoms with Crippen LogP contribution in [-0.4, -0.2) is 29.0 Å². The third-order valence-electron chi connectivity index (χ3n) is 6.22. The van der Waals surface area contributed by atoms with Crippen molar-refractivity contribution in [2.75, 3.05) is 0 Å². The van der Waals surface area contributed by atoms with Crippen LogP contribution < -0.4 is 0 Å². The first-order valence-electron chi connectivity index (χ1n) is 12.5. The number of amides is 1. The molecule has 1 fully saturated rings. The van der Waals surface area contributed by atoms with Crippen LogP contribution in [0.15, 0.2) is 0 Å². The molecule has 3 atom stereocenters. The van der Waals surface area contributed by atoms with Gasteiger partial charge in [0, 0.05) is 12.3 Å². The maximum absolute atomic E-state index is 13.0. The van der Waals surface area contributed by atoms with Crippen LogP contribution in [0.4, 0.5) is 0 Å². The molecular formula is C25H47NO3. The highest BCUT2D eigenvalue weighted by Crippen LogP contribution is 2.32. The summed E-state index contributed by atoms with van der Waals surface area (Å²) in [7, 11) is 0. The van der Waals surface area contributed by atoms with E-state index in [2.05, 4.69) is 20.8 Å². The lowest BCUT2D eigenvalue weighted by Crippen LogP contribution is -2.47. The quantitative estimate of drug-likeness (QED) is 0.207. The summed E-state index contributed by atoms with van der Waals surface area (Å²) >= 11 is 0. The lowest BCUT2D eigenvalue weighted by molar-refractivity contribution is -0.147. The van der Waals surface area contributed by atoms with E-state index in [1.54, 1.807) is 4.90 Å². The van der Waals surface area contributed by atoms with Gasteiger partial charge in [-0.2, -0.15) is 0 Å². The number of carbonyl (C=O) groups excluding carboxylic acids is 2. The van der Waals surface area contributed by atoms with Crippen LogP contribution in [0, 0.1) is 11.8 Å². The van der Waals surface area contributed by atoms with Gasteiger partial charge in [-0.1, -0.05) is 105 Å². The Hall–Kier alpha value is -1.06. The van der Waals surface area contributed by atoms with Crippen LogP contribution in [0.5, 0.6) is 0 Å². The Morgan fingerprint density at radius 2 is 1.38 bits per heavy atom. The first kappa shape index (κ1) is 26.0. The summed E-state index contributed by atoms with van der Waals surface area (Å²) in [4.78, 5) is 27.3. The molecule has 0 aromatic carbocycles. The number of carbonyl (C=O) groups is 2. The molecule has 0 aromatic heterocycles. The highest BCUT2D eigenvalue weighted by Gasteiger charge is 2.47. The topological polar surface area (TPSA) is 46.6 Å². The summed E-state index contributed by atoms with van der Waals surface area (Å²) in [5.74, 6) is 0.169. The SMILES string of the molecule is CCCCCCCCCC(C)C1OC(=O)C(C(C)C)N1C(=O)CCCCCCC. The third-order valence-corrected chi connectivity index (χ3v) is 6.22. The van der Waals surface area contributed by atoms with Gasteiger partial charge in [0.25, 0.3) is 0 Å². The van der Waals surface area contributed by atoms with Crippen molar-refractivity contribution < 1.29 is 14.3 Å². The maximum atomic E-state index is 13.0. The van der Waals surface area contributed by atoms with Gasteiger partial charge >= 0.3 is 5.97 Å². The van der Waals surface area contributed by atoms with Gasteiger partial charge in [0.05, 0.1) is 0 Å². The number of ether oxygens (including phenoxy) is 1. The molecule has 0 saturated carbocycles. The van der Waals surface area contributed by atoms with Gasteiger partial charge in [0.15, 0.2) is 6.23 Å². The molecular weight excluding hydrogens is 362 g/mol. The molecule has 0 spiro atoms. The lowest BCUT2D eigenvalue weighted by atomic mass is 9.97. The summed E-state index contributed by atoms with van der Waals surface area (Å²) in [5.41, 5.74) is 0. The molecule has 3 unspecified atom stereocenters. The molecule has 1 aliphatic heterocycles. The summed E-state index contributed by atoms with van der Waals surface area (Å²) in [6.45, 7) is 10.6. The second kappa shape index (κ2) is 14.8. The van der Waals surface area contributed by atoms with Crippen molar-refractivity contribution in [2.24, 2.45) is 11.8 Å². The van der Waals surface area contributed by atoms with Gasteiger partial charge in [-0.3, -0.25) is 9.69 Å². The van der Waals surface area contributed by atoms with Crippen LogP contribution in [0.1, 0.15) is 125 Å². The normalized spacial score (nSPS) is 20.3. The molecule has 1 amide bonds. The molecule has 1 aliphatic rings. The maximum Gasteiger partial charge on any atom is 0.331 e. The zero-order chi connectivity index (χ0) is 21.6. The molecule has 1 heterocycles. The van der Waals surface area contributed by atoms with Crippen molar-refractivity contribution in [1.82, 2.24) is 4.90 Å². The van der Waals surface area contributed by atoms with Gasteiger partial charge in [-0.25, -0.2) is 4.79 Å². The zero-order valence-corrected chi connectivity index (χ0v) is 19.9. The molecule has 1 rings (SSSR count). The molecule has 0 aromatic rings. The fourth-order valence-electron chi connectivity index (χ4n) is 4.37. The minimum Gasteiger partial charge on any atom is -0.440 e. The Morgan fingerprint density at radius 1 is 0.862 bits per heavy atom. The van der Waals surface area contributed by atoms with E-state index in [-0.39, 0.29) is 29.9 Å². The van der Waals surface area contributed by atoms with E-state index < -0.39 is 6.04 Å². The van der Waals surface area contributed by atoms with Crippen LogP contribution in [-0.2, 0) is 14.3 Å². The average Bonchev–Trinajstić information content (AvgIpc) is 3.04. The van der Waals surface area contributed by atoms with E-state index in [4.69, 9.17) is 4.74 Å². The first-order chi connectivity index (χ1) is 13.9. The van der Waals surface area contributed by atoms with Crippen molar-refractivity contribution in [2.45, 2.75) is 137 Å². The first-order valence-corrected chi connectivity index (χ1v) is 12.5.